The molecule has 0 amide bonds. The van der Waals surface area contributed by atoms with Gasteiger partial charge in [-0.2, -0.15) is 4.98 Å². The Morgan fingerprint density at radius 3 is 2.80 bits per heavy atom. The lowest BCUT2D eigenvalue weighted by Gasteiger charge is -2.16. The van der Waals surface area contributed by atoms with Crippen molar-refractivity contribution in [3.63, 3.8) is 0 Å². The summed E-state index contributed by atoms with van der Waals surface area (Å²) < 4.78 is 6.02. The third kappa shape index (κ3) is 4.44. The molecule has 0 aliphatic heterocycles. The Labute approximate surface area is 150 Å². The molecule has 0 fully saturated rings. The number of fused-ring (bicyclic) bond motifs is 1. The number of hydrogen-bond donors (Lipinski definition) is 0. The molecule has 2 aromatic heterocycles. The van der Waals surface area contributed by atoms with Gasteiger partial charge in [0.05, 0.1) is 12.3 Å². The first-order chi connectivity index (χ1) is 12.3. The summed E-state index contributed by atoms with van der Waals surface area (Å²) >= 11 is 0. The highest BCUT2D eigenvalue weighted by atomic mass is 16.5. The van der Waals surface area contributed by atoms with Crippen LogP contribution in [0.5, 0.6) is 5.88 Å². The van der Waals surface area contributed by atoms with E-state index in [-0.39, 0.29) is 0 Å². The van der Waals surface area contributed by atoms with Gasteiger partial charge >= 0.3 is 0 Å². The van der Waals surface area contributed by atoms with Crippen molar-refractivity contribution in [2.24, 2.45) is 0 Å². The third-order valence-corrected chi connectivity index (χ3v) is 4.57. The van der Waals surface area contributed by atoms with E-state index in [9.17, 15) is 0 Å². The summed E-state index contributed by atoms with van der Waals surface area (Å²) in [5.41, 5.74) is 3.37. The van der Waals surface area contributed by atoms with Gasteiger partial charge in [-0.05, 0) is 43.9 Å². The molecule has 3 rings (SSSR count). The molecule has 2 aromatic rings. The first-order valence-corrected chi connectivity index (χ1v) is 9.43. The van der Waals surface area contributed by atoms with Crippen LogP contribution in [-0.2, 0) is 12.8 Å². The van der Waals surface area contributed by atoms with Gasteiger partial charge in [-0.1, -0.05) is 32.4 Å². The average molecular weight is 337 g/mol. The first kappa shape index (κ1) is 17.6. The van der Waals surface area contributed by atoms with Crippen molar-refractivity contribution in [3.8, 4) is 5.88 Å². The van der Waals surface area contributed by atoms with E-state index in [1.54, 1.807) is 0 Å². The monoisotopic (exact) mass is 337 g/mol. The summed E-state index contributed by atoms with van der Waals surface area (Å²) in [6, 6.07) is 6.10. The van der Waals surface area contributed by atoms with Crippen molar-refractivity contribution in [2.75, 3.05) is 6.61 Å². The van der Waals surface area contributed by atoms with Crippen molar-refractivity contribution < 1.29 is 4.74 Å². The van der Waals surface area contributed by atoms with E-state index in [0.29, 0.717) is 5.92 Å². The van der Waals surface area contributed by atoms with E-state index < -0.39 is 0 Å². The number of rotatable bonds is 9. The van der Waals surface area contributed by atoms with Crippen molar-refractivity contribution in [2.45, 2.75) is 58.3 Å². The molecule has 1 atom stereocenters. The van der Waals surface area contributed by atoms with Gasteiger partial charge in [0.25, 0.3) is 0 Å². The Balaban J connectivity index is 1.69. The van der Waals surface area contributed by atoms with Gasteiger partial charge < -0.3 is 4.74 Å². The van der Waals surface area contributed by atoms with Crippen molar-refractivity contribution in [1.29, 1.82) is 0 Å². The van der Waals surface area contributed by atoms with Gasteiger partial charge in [0.1, 0.15) is 5.82 Å². The SMILES string of the molecule is CCCCOc1nc(CC)nc2c1C(CCCc1ccccn1)C=C2. The maximum Gasteiger partial charge on any atom is 0.221 e. The standard InChI is InChI=1S/C21H27N3O/c1-3-5-15-25-21-20-16(9-8-11-17-10-6-7-14-22-17)12-13-18(20)23-19(4-2)24-21/h6-7,10,12-14,16H,3-5,8-9,11,15H2,1-2H3. The molecule has 0 spiro atoms. The predicted molar refractivity (Wildman–Crippen MR) is 101 cm³/mol. The van der Waals surface area contributed by atoms with Gasteiger partial charge in [0.15, 0.2) is 0 Å². The number of aryl methyl sites for hydroxylation is 2. The zero-order valence-electron chi connectivity index (χ0n) is 15.2. The summed E-state index contributed by atoms with van der Waals surface area (Å²) in [6.45, 7) is 4.98. The normalized spacial score (nSPS) is 15.4. The Morgan fingerprint density at radius 1 is 1.12 bits per heavy atom. The molecule has 132 valence electrons. The smallest absolute Gasteiger partial charge is 0.221 e. The van der Waals surface area contributed by atoms with Gasteiger partial charge in [0.2, 0.25) is 5.88 Å². The molecule has 4 nitrogen and oxygen atoms in total. The fourth-order valence-corrected chi connectivity index (χ4v) is 3.16. The molecule has 0 N–H and O–H groups in total. The van der Waals surface area contributed by atoms with E-state index in [0.717, 1.165) is 68.2 Å². The van der Waals surface area contributed by atoms with E-state index in [4.69, 9.17) is 4.74 Å². The van der Waals surface area contributed by atoms with Crippen LogP contribution in [-0.4, -0.2) is 21.6 Å². The predicted octanol–water partition coefficient (Wildman–Crippen LogP) is 4.75. The lowest BCUT2D eigenvalue weighted by molar-refractivity contribution is 0.291. The Kier molecular flexibility index (Phi) is 6.15. The van der Waals surface area contributed by atoms with Crippen LogP contribution < -0.4 is 4.74 Å². The van der Waals surface area contributed by atoms with Crippen LogP contribution >= 0.6 is 0 Å². The number of nitrogens with zero attached hydrogens (tertiary/aromatic N) is 3. The summed E-state index contributed by atoms with van der Waals surface area (Å²) in [5, 5.41) is 0. The molecule has 0 radical (unpaired) electrons. The van der Waals surface area contributed by atoms with Crippen LogP contribution in [0.15, 0.2) is 30.5 Å². The largest absolute Gasteiger partial charge is 0.477 e. The summed E-state index contributed by atoms with van der Waals surface area (Å²) in [6.07, 6.45) is 12.4. The van der Waals surface area contributed by atoms with Crippen molar-refractivity contribution in [1.82, 2.24) is 15.0 Å². The molecule has 2 heterocycles. The van der Waals surface area contributed by atoms with E-state index in [2.05, 4.69) is 47.0 Å². The average Bonchev–Trinajstić information content (AvgIpc) is 3.06. The second kappa shape index (κ2) is 8.75. The molecule has 0 aromatic carbocycles. The molecular weight excluding hydrogens is 310 g/mol. The lowest BCUT2D eigenvalue weighted by Crippen LogP contribution is -2.09. The highest BCUT2D eigenvalue weighted by Crippen LogP contribution is 2.38. The number of pyridine rings is 1. The van der Waals surface area contributed by atoms with E-state index in [1.807, 2.05) is 18.3 Å². The summed E-state index contributed by atoms with van der Waals surface area (Å²) in [5.74, 6) is 2.01. The maximum absolute atomic E-state index is 6.02. The zero-order chi connectivity index (χ0) is 17.5. The van der Waals surface area contributed by atoms with Crippen LogP contribution in [0.3, 0.4) is 0 Å². The third-order valence-electron chi connectivity index (χ3n) is 4.57. The first-order valence-electron chi connectivity index (χ1n) is 9.43. The number of ether oxygens (including phenoxy) is 1. The van der Waals surface area contributed by atoms with Crippen LogP contribution in [0.2, 0.25) is 0 Å². The molecule has 0 saturated carbocycles. The molecule has 1 aliphatic carbocycles. The Bertz CT molecular complexity index is 713. The summed E-state index contributed by atoms with van der Waals surface area (Å²) in [7, 11) is 0. The highest BCUT2D eigenvalue weighted by Gasteiger charge is 2.25. The fraction of sp³-hybridized carbons (Fsp3) is 0.476. The zero-order valence-corrected chi connectivity index (χ0v) is 15.2. The Hall–Kier alpha value is -2.23. The van der Waals surface area contributed by atoms with Gasteiger partial charge in [-0.3, -0.25) is 4.98 Å². The Morgan fingerprint density at radius 2 is 2.04 bits per heavy atom. The number of allylic oxidation sites excluding steroid dienone is 1. The quantitative estimate of drug-likeness (QED) is 0.620. The lowest BCUT2D eigenvalue weighted by atomic mass is 9.96. The summed E-state index contributed by atoms with van der Waals surface area (Å²) in [4.78, 5) is 13.8. The minimum atomic E-state index is 0.348. The molecule has 1 unspecified atom stereocenters. The second-order valence-corrected chi connectivity index (χ2v) is 6.48. The van der Waals surface area contributed by atoms with Crippen LogP contribution in [0.4, 0.5) is 0 Å². The van der Waals surface area contributed by atoms with Crippen LogP contribution in [0.1, 0.15) is 68.2 Å². The number of aromatic nitrogens is 3. The molecule has 0 bridgehead atoms. The molecule has 0 saturated heterocycles. The van der Waals surface area contributed by atoms with E-state index in [1.165, 1.54) is 5.56 Å². The highest BCUT2D eigenvalue weighted by molar-refractivity contribution is 5.61. The van der Waals surface area contributed by atoms with Crippen molar-refractivity contribution in [3.05, 3.63) is 53.2 Å². The van der Waals surface area contributed by atoms with Gasteiger partial charge in [-0.15, -0.1) is 0 Å². The minimum absolute atomic E-state index is 0.348. The number of unbranched alkanes of at least 4 members (excludes halogenated alkanes) is 1. The maximum atomic E-state index is 6.02. The second-order valence-electron chi connectivity index (χ2n) is 6.48. The molecule has 25 heavy (non-hydrogen) atoms. The molecule has 1 aliphatic rings. The molecular formula is C21H27N3O. The van der Waals surface area contributed by atoms with Crippen molar-refractivity contribution >= 4 is 6.08 Å². The number of hydrogen-bond acceptors (Lipinski definition) is 4. The topological polar surface area (TPSA) is 47.9 Å². The van der Waals surface area contributed by atoms with Crippen LogP contribution in [0.25, 0.3) is 6.08 Å². The van der Waals surface area contributed by atoms with Crippen LogP contribution in [0, 0.1) is 0 Å². The van der Waals surface area contributed by atoms with E-state index >= 15 is 0 Å². The molecule has 4 heteroatoms. The minimum Gasteiger partial charge on any atom is -0.477 e. The fourth-order valence-electron chi connectivity index (χ4n) is 3.16. The van der Waals surface area contributed by atoms with Gasteiger partial charge in [0, 0.05) is 29.8 Å². The van der Waals surface area contributed by atoms with Gasteiger partial charge in [-0.25, -0.2) is 4.98 Å².